The summed E-state index contributed by atoms with van der Waals surface area (Å²) >= 11 is 5.94. The van der Waals surface area contributed by atoms with E-state index < -0.39 is 0 Å². The molecule has 0 radical (unpaired) electrons. The van der Waals surface area contributed by atoms with Crippen LogP contribution in [0.15, 0.2) is 30.5 Å². The van der Waals surface area contributed by atoms with Gasteiger partial charge in [0.1, 0.15) is 26.2 Å². The Morgan fingerprint density at radius 1 is 1.20 bits per heavy atom. The van der Waals surface area contributed by atoms with Crippen LogP contribution in [-0.4, -0.2) is 64.8 Å². The molecule has 1 aromatic carbocycles. The molecule has 0 unspecified atom stereocenters. The van der Waals surface area contributed by atoms with E-state index in [-0.39, 0.29) is 6.10 Å². The lowest BCUT2D eigenvalue weighted by Gasteiger charge is -2.28. The third-order valence-electron chi connectivity index (χ3n) is 6.70. The number of hydrogen-bond donors (Lipinski definition) is 3. The fraction of sp³-hybridized carbons (Fsp3) is 0.545. The predicted octanol–water partition coefficient (Wildman–Crippen LogP) is 0.502. The number of rotatable bonds is 6. The summed E-state index contributed by atoms with van der Waals surface area (Å²) in [6.07, 6.45) is 4.51. The molecule has 2 fully saturated rings. The molecule has 2 aliphatic rings. The average molecular weight is 429 g/mol. The van der Waals surface area contributed by atoms with Crippen LogP contribution in [0.3, 0.4) is 0 Å². The zero-order chi connectivity index (χ0) is 20.5. The van der Waals surface area contributed by atoms with Crippen molar-refractivity contribution in [2.45, 2.75) is 39.1 Å². The summed E-state index contributed by atoms with van der Waals surface area (Å²) in [7, 11) is 0. The number of aromatic amines is 1. The van der Waals surface area contributed by atoms with E-state index in [9.17, 15) is 0 Å². The summed E-state index contributed by atoms with van der Waals surface area (Å²) in [4.78, 5) is 6.66. The SMILES string of the molecule is CC[NH+]1CC[NH+](Cn2nc(-c3c[nH]c4ccccc34)n(C[C@H]3CCCO3)c2=S)CC1. The van der Waals surface area contributed by atoms with Gasteiger partial charge < -0.3 is 19.5 Å². The topological polar surface area (TPSA) is 56.7 Å². The Labute approximate surface area is 182 Å². The number of hydrogen-bond acceptors (Lipinski definition) is 3. The maximum atomic E-state index is 5.94. The number of nitrogens with zero attached hydrogens (tertiary/aromatic N) is 3. The zero-order valence-electron chi connectivity index (χ0n) is 17.7. The molecule has 2 aliphatic heterocycles. The second-order valence-corrected chi connectivity index (χ2v) is 8.98. The molecule has 0 bridgehead atoms. The Balaban J connectivity index is 1.49. The number of fused-ring (bicyclic) bond motifs is 1. The molecule has 0 spiro atoms. The van der Waals surface area contributed by atoms with Gasteiger partial charge in [-0.2, -0.15) is 4.68 Å². The van der Waals surface area contributed by atoms with Crippen molar-refractivity contribution < 1.29 is 14.5 Å². The maximum absolute atomic E-state index is 5.94. The molecule has 160 valence electrons. The minimum absolute atomic E-state index is 0.224. The molecule has 2 saturated heterocycles. The molecule has 2 aromatic heterocycles. The molecule has 3 N–H and O–H groups in total. The predicted molar refractivity (Wildman–Crippen MR) is 119 cm³/mol. The van der Waals surface area contributed by atoms with Crippen LogP contribution in [0.1, 0.15) is 19.8 Å². The first-order valence-corrected chi connectivity index (χ1v) is 11.7. The van der Waals surface area contributed by atoms with Crippen LogP contribution < -0.4 is 9.80 Å². The quantitative estimate of drug-likeness (QED) is 0.502. The first-order valence-electron chi connectivity index (χ1n) is 11.3. The Bertz CT molecular complexity index is 1060. The maximum Gasteiger partial charge on any atom is 0.203 e. The van der Waals surface area contributed by atoms with E-state index in [1.807, 2.05) is 4.68 Å². The number of para-hydroxylation sites is 1. The third kappa shape index (κ3) is 3.85. The Kier molecular flexibility index (Phi) is 5.73. The van der Waals surface area contributed by atoms with E-state index in [0.717, 1.165) is 54.3 Å². The van der Waals surface area contributed by atoms with Gasteiger partial charge in [0.15, 0.2) is 12.5 Å². The number of quaternary nitrogens is 2. The van der Waals surface area contributed by atoms with Crippen LogP contribution in [0.4, 0.5) is 0 Å². The smallest absolute Gasteiger partial charge is 0.203 e. The van der Waals surface area contributed by atoms with Gasteiger partial charge >= 0.3 is 0 Å². The standard InChI is InChI=1S/C22H30N6OS/c1-2-25-9-11-26(12-10-25)16-28-22(30)27(15-17-6-5-13-29-17)21(24-28)19-14-23-20-8-4-3-7-18(19)20/h3-4,7-8,14,17,23H,2,5-6,9-13,15-16H2,1H3/p+2/t17-/m1/s1. The zero-order valence-corrected chi connectivity index (χ0v) is 18.5. The van der Waals surface area contributed by atoms with Crippen LogP contribution in [0.2, 0.25) is 0 Å². The van der Waals surface area contributed by atoms with Gasteiger partial charge in [0, 0.05) is 29.3 Å². The number of benzene rings is 1. The summed E-state index contributed by atoms with van der Waals surface area (Å²) in [5, 5.41) is 6.24. The average Bonchev–Trinajstić information content (AvgIpc) is 3.51. The monoisotopic (exact) mass is 428 g/mol. The molecular formula is C22H32N6OS+2. The fourth-order valence-corrected chi connectivity index (χ4v) is 5.10. The number of aromatic nitrogens is 4. The molecule has 0 saturated carbocycles. The van der Waals surface area contributed by atoms with Crippen molar-refractivity contribution in [3.05, 3.63) is 35.2 Å². The number of nitrogens with one attached hydrogen (secondary N) is 3. The minimum Gasteiger partial charge on any atom is -0.376 e. The Hall–Kier alpha value is -2.00. The number of ether oxygens (including phenoxy) is 1. The van der Waals surface area contributed by atoms with Gasteiger partial charge in [-0.05, 0) is 38.0 Å². The van der Waals surface area contributed by atoms with Crippen LogP contribution in [0.5, 0.6) is 0 Å². The normalized spacial score (nSPS) is 24.6. The molecule has 0 amide bonds. The van der Waals surface area contributed by atoms with Gasteiger partial charge in [-0.15, -0.1) is 5.10 Å². The molecule has 5 rings (SSSR count). The molecule has 0 aliphatic carbocycles. The van der Waals surface area contributed by atoms with Crippen molar-refractivity contribution in [3.8, 4) is 11.4 Å². The largest absolute Gasteiger partial charge is 0.376 e. The Morgan fingerprint density at radius 2 is 2.00 bits per heavy atom. The summed E-state index contributed by atoms with van der Waals surface area (Å²) in [6, 6.07) is 8.39. The summed E-state index contributed by atoms with van der Waals surface area (Å²) in [5.41, 5.74) is 2.24. The van der Waals surface area contributed by atoms with Crippen molar-refractivity contribution >= 4 is 23.1 Å². The highest BCUT2D eigenvalue weighted by molar-refractivity contribution is 7.71. The molecular weight excluding hydrogens is 396 g/mol. The highest BCUT2D eigenvalue weighted by atomic mass is 32.1. The second kappa shape index (κ2) is 8.63. The van der Waals surface area contributed by atoms with Crippen LogP contribution in [0.25, 0.3) is 22.3 Å². The number of piperazine rings is 1. The molecule has 3 aromatic rings. The van der Waals surface area contributed by atoms with Crippen molar-refractivity contribution in [2.75, 3.05) is 39.3 Å². The highest BCUT2D eigenvalue weighted by Gasteiger charge is 2.26. The lowest BCUT2D eigenvalue weighted by atomic mass is 10.1. The van der Waals surface area contributed by atoms with Crippen molar-refractivity contribution in [1.29, 1.82) is 0 Å². The molecule has 7 nitrogen and oxygen atoms in total. The van der Waals surface area contributed by atoms with Gasteiger partial charge in [-0.25, -0.2) is 0 Å². The summed E-state index contributed by atoms with van der Waals surface area (Å²) in [6.45, 7) is 10.8. The third-order valence-corrected chi connectivity index (χ3v) is 7.13. The first kappa shape index (κ1) is 19.9. The van der Waals surface area contributed by atoms with E-state index in [0.29, 0.717) is 0 Å². The summed E-state index contributed by atoms with van der Waals surface area (Å²) < 4.78 is 11.0. The van der Waals surface area contributed by atoms with Crippen LogP contribution in [-0.2, 0) is 18.0 Å². The van der Waals surface area contributed by atoms with Gasteiger partial charge in [0.25, 0.3) is 0 Å². The van der Waals surface area contributed by atoms with E-state index in [4.69, 9.17) is 22.1 Å². The first-order chi connectivity index (χ1) is 14.7. The Morgan fingerprint density at radius 3 is 2.77 bits per heavy atom. The van der Waals surface area contributed by atoms with Crippen LogP contribution in [0, 0.1) is 4.77 Å². The van der Waals surface area contributed by atoms with E-state index in [1.165, 1.54) is 38.1 Å². The highest BCUT2D eigenvalue weighted by Crippen LogP contribution is 2.28. The lowest BCUT2D eigenvalue weighted by molar-refractivity contribution is -1.02. The van der Waals surface area contributed by atoms with E-state index in [2.05, 4.69) is 46.9 Å². The van der Waals surface area contributed by atoms with Gasteiger partial charge in [0.05, 0.1) is 19.2 Å². The molecule has 30 heavy (non-hydrogen) atoms. The lowest BCUT2D eigenvalue weighted by Crippen LogP contribution is -3.27. The minimum atomic E-state index is 0.224. The van der Waals surface area contributed by atoms with Crippen LogP contribution >= 0.6 is 12.2 Å². The fourth-order valence-electron chi connectivity index (χ4n) is 4.84. The number of likely N-dealkylation sites (N-methyl/N-ethyl adjacent to an activating group) is 1. The number of H-pyrrole nitrogens is 1. The summed E-state index contributed by atoms with van der Waals surface area (Å²) in [5.74, 6) is 0.949. The van der Waals surface area contributed by atoms with Gasteiger partial charge in [-0.1, -0.05) is 18.2 Å². The van der Waals surface area contributed by atoms with E-state index in [1.54, 1.807) is 9.80 Å². The molecule has 1 atom stereocenters. The van der Waals surface area contributed by atoms with Crippen molar-refractivity contribution in [1.82, 2.24) is 19.3 Å². The van der Waals surface area contributed by atoms with Gasteiger partial charge in [0.2, 0.25) is 4.77 Å². The van der Waals surface area contributed by atoms with Crippen molar-refractivity contribution in [2.24, 2.45) is 0 Å². The second-order valence-electron chi connectivity index (χ2n) is 8.61. The van der Waals surface area contributed by atoms with E-state index >= 15 is 0 Å². The van der Waals surface area contributed by atoms with Crippen molar-refractivity contribution in [3.63, 3.8) is 0 Å². The van der Waals surface area contributed by atoms with Gasteiger partial charge in [-0.3, -0.25) is 4.57 Å². The molecule has 8 heteroatoms. The molecule has 4 heterocycles.